The van der Waals surface area contributed by atoms with Crippen molar-refractivity contribution >= 4 is 39.1 Å². The number of nitrogens with one attached hydrogen (secondary N) is 1. The van der Waals surface area contributed by atoms with Crippen molar-refractivity contribution in [3.63, 3.8) is 0 Å². The van der Waals surface area contributed by atoms with Crippen molar-refractivity contribution in [2.45, 2.75) is 32.2 Å². The minimum Gasteiger partial charge on any atom is -0.328 e. The average molecular weight is 320 g/mol. The molecule has 0 fully saturated rings. The highest BCUT2D eigenvalue weighted by atomic mass is 79.9. The molecule has 0 aliphatic rings. The molecule has 1 amide bonds. The topological polar surface area (TPSA) is 55.1 Å². The van der Waals surface area contributed by atoms with Crippen LogP contribution in [-0.4, -0.2) is 11.9 Å². The fraction of sp³-hybridized carbons (Fsp3) is 0.417. The van der Waals surface area contributed by atoms with Crippen LogP contribution in [0.5, 0.6) is 0 Å². The Morgan fingerprint density at radius 3 is 2.94 bits per heavy atom. The number of carbonyl (C=O) groups is 1. The zero-order valence-corrected chi connectivity index (χ0v) is 12.0. The Morgan fingerprint density at radius 1 is 1.59 bits per heavy atom. The predicted molar refractivity (Wildman–Crippen MR) is 75.3 cm³/mol. The van der Waals surface area contributed by atoms with Crippen molar-refractivity contribution in [3.05, 3.63) is 27.7 Å². The van der Waals surface area contributed by atoms with Gasteiger partial charge in [-0.05, 0) is 47.8 Å². The molecule has 0 spiro atoms. The molecular formula is C12H16BrClN2O. The van der Waals surface area contributed by atoms with Gasteiger partial charge < -0.3 is 11.1 Å². The zero-order valence-electron chi connectivity index (χ0n) is 9.67. The minimum absolute atomic E-state index is 0.0198. The maximum absolute atomic E-state index is 11.6. The number of rotatable bonds is 5. The summed E-state index contributed by atoms with van der Waals surface area (Å²) in [5.74, 6) is -0.0198. The predicted octanol–water partition coefficient (Wildman–Crippen LogP) is 3.56. The molecule has 0 aliphatic heterocycles. The Hall–Kier alpha value is -0.580. The Morgan fingerprint density at radius 2 is 2.29 bits per heavy atom. The van der Waals surface area contributed by atoms with Crippen molar-refractivity contribution in [2.75, 3.05) is 5.32 Å². The highest BCUT2D eigenvalue weighted by Crippen LogP contribution is 2.30. The van der Waals surface area contributed by atoms with Crippen LogP contribution in [0.15, 0.2) is 22.7 Å². The number of benzene rings is 1. The van der Waals surface area contributed by atoms with E-state index in [1.54, 1.807) is 18.2 Å². The number of carbonyl (C=O) groups excluding carboxylic acids is 1. The van der Waals surface area contributed by atoms with E-state index in [1.165, 1.54) is 0 Å². The van der Waals surface area contributed by atoms with Crippen LogP contribution in [0.1, 0.15) is 26.2 Å². The van der Waals surface area contributed by atoms with E-state index in [4.69, 9.17) is 17.3 Å². The standard InChI is InChI=1S/C12H16BrClN2O/c1-8(15)4-2-7-11(17)16-10-6-3-5-9(14)12(10)13/h3,5-6,8H,2,4,7,15H2,1H3,(H,16,17). The molecule has 1 aromatic carbocycles. The quantitative estimate of drug-likeness (QED) is 0.872. The molecule has 94 valence electrons. The number of halogens is 2. The van der Waals surface area contributed by atoms with Gasteiger partial charge in [-0.15, -0.1) is 0 Å². The second-order valence-electron chi connectivity index (χ2n) is 4.02. The van der Waals surface area contributed by atoms with Gasteiger partial charge in [0.05, 0.1) is 15.2 Å². The maximum atomic E-state index is 11.6. The monoisotopic (exact) mass is 318 g/mol. The van der Waals surface area contributed by atoms with E-state index in [0.717, 1.165) is 12.8 Å². The number of amides is 1. The molecule has 1 rings (SSSR count). The second-order valence-corrected chi connectivity index (χ2v) is 5.22. The molecule has 1 unspecified atom stereocenters. The van der Waals surface area contributed by atoms with Crippen LogP contribution in [0, 0.1) is 0 Å². The van der Waals surface area contributed by atoms with E-state index in [9.17, 15) is 4.79 Å². The fourth-order valence-corrected chi connectivity index (χ4v) is 1.94. The largest absolute Gasteiger partial charge is 0.328 e. The molecular weight excluding hydrogens is 304 g/mol. The molecule has 0 saturated carbocycles. The first-order chi connectivity index (χ1) is 8.00. The minimum atomic E-state index is -0.0198. The van der Waals surface area contributed by atoms with Crippen LogP contribution >= 0.6 is 27.5 Å². The van der Waals surface area contributed by atoms with Gasteiger partial charge in [-0.1, -0.05) is 17.7 Å². The molecule has 0 aliphatic carbocycles. The van der Waals surface area contributed by atoms with Crippen molar-refractivity contribution in [1.29, 1.82) is 0 Å². The van der Waals surface area contributed by atoms with Gasteiger partial charge in [0.15, 0.2) is 0 Å². The molecule has 3 nitrogen and oxygen atoms in total. The first kappa shape index (κ1) is 14.5. The van der Waals surface area contributed by atoms with Gasteiger partial charge in [0.2, 0.25) is 5.91 Å². The molecule has 5 heteroatoms. The molecule has 0 radical (unpaired) electrons. The molecule has 17 heavy (non-hydrogen) atoms. The van der Waals surface area contributed by atoms with Crippen molar-refractivity contribution in [2.24, 2.45) is 5.73 Å². The summed E-state index contributed by atoms with van der Waals surface area (Å²) in [5, 5.41) is 3.40. The van der Waals surface area contributed by atoms with Gasteiger partial charge >= 0.3 is 0 Å². The highest BCUT2D eigenvalue weighted by Gasteiger charge is 2.07. The normalized spacial score (nSPS) is 12.2. The molecule has 0 saturated heterocycles. The third kappa shape index (κ3) is 5.06. The van der Waals surface area contributed by atoms with Gasteiger partial charge in [-0.25, -0.2) is 0 Å². The first-order valence-electron chi connectivity index (χ1n) is 5.50. The van der Waals surface area contributed by atoms with Crippen LogP contribution in [0.2, 0.25) is 5.02 Å². The van der Waals surface area contributed by atoms with Crippen molar-refractivity contribution < 1.29 is 4.79 Å². The van der Waals surface area contributed by atoms with Gasteiger partial charge in [-0.3, -0.25) is 4.79 Å². The molecule has 0 aromatic heterocycles. The third-order valence-corrected chi connectivity index (χ3v) is 3.69. The van der Waals surface area contributed by atoms with Gasteiger partial charge in [0.1, 0.15) is 0 Å². The van der Waals surface area contributed by atoms with E-state index in [-0.39, 0.29) is 11.9 Å². The lowest BCUT2D eigenvalue weighted by Gasteiger charge is -2.09. The lowest BCUT2D eigenvalue weighted by Crippen LogP contribution is -2.17. The number of anilines is 1. The van der Waals surface area contributed by atoms with E-state index in [0.29, 0.717) is 21.6 Å². The summed E-state index contributed by atoms with van der Waals surface area (Å²) in [4.78, 5) is 11.6. The third-order valence-electron chi connectivity index (χ3n) is 2.29. The second kappa shape index (κ2) is 6.99. The van der Waals surface area contributed by atoms with E-state index in [2.05, 4.69) is 21.2 Å². The Kier molecular flexibility index (Phi) is 5.95. The summed E-state index contributed by atoms with van der Waals surface area (Å²) in [7, 11) is 0. The summed E-state index contributed by atoms with van der Waals surface area (Å²) in [6.07, 6.45) is 2.12. The first-order valence-corrected chi connectivity index (χ1v) is 6.67. The summed E-state index contributed by atoms with van der Waals surface area (Å²) < 4.78 is 0.710. The highest BCUT2D eigenvalue weighted by molar-refractivity contribution is 9.10. The van der Waals surface area contributed by atoms with Crippen LogP contribution < -0.4 is 11.1 Å². The number of hydrogen-bond acceptors (Lipinski definition) is 2. The summed E-state index contributed by atoms with van der Waals surface area (Å²) in [6, 6.07) is 5.50. The molecule has 3 N–H and O–H groups in total. The average Bonchev–Trinajstić information content (AvgIpc) is 2.24. The van der Waals surface area contributed by atoms with Gasteiger partial charge in [-0.2, -0.15) is 0 Å². The lowest BCUT2D eigenvalue weighted by atomic mass is 10.1. The van der Waals surface area contributed by atoms with E-state index < -0.39 is 0 Å². The zero-order chi connectivity index (χ0) is 12.8. The lowest BCUT2D eigenvalue weighted by molar-refractivity contribution is -0.116. The maximum Gasteiger partial charge on any atom is 0.224 e. The van der Waals surface area contributed by atoms with Crippen LogP contribution in [0.25, 0.3) is 0 Å². The SMILES string of the molecule is CC(N)CCCC(=O)Nc1cccc(Cl)c1Br. The summed E-state index contributed by atoms with van der Waals surface area (Å²) in [5.41, 5.74) is 6.32. The van der Waals surface area contributed by atoms with E-state index >= 15 is 0 Å². The Balaban J connectivity index is 2.48. The number of nitrogens with two attached hydrogens (primary N) is 1. The van der Waals surface area contributed by atoms with Gasteiger partial charge in [0, 0.05) is 12.5 Å². The van der Waals surface area contributed by atoms with Crippen molar-refractivity contribution in [1.82, 2.24) is 0 Å². The molecule has 1 atom stereocenters. The smallest absolute Gasteiger partial charge is 0.224 e. The Labute approximate surface area is 115 Å². The van der Waals surface area contributed by atoms with Crippen LogP contribution in [-0.2, 0) is 4.79 Å². The van der Waals surface area contributed by atoms with Crippen LogP contribution in [0.3, 0.4) is 0 Å². The molecule has 0 heterocycles. The molecule has 1 aromatic rings. The van der Waals surface area contributed by atoms with Crippen molar-refractivity contribution in [3.8, 4) is 0 Å². The fourth-order valence-electron chi connectivity index (χ4n) is 1.40. The number of hydrogen-bond donors (Lipinski definition) is 2. The molecule has 0 bridgehead atoms. The summed E-state index contributed by atoms with van der Waals surface area (Å²) >= 11 is 9.26. The Bertz CT molecular complexity index is 396. The van der Waals surface area contributed by atoms with Crippen LogP contribution in [0.4, 0.5) is 5.69 Å². The van der Waals surface area contributed by atoms with E-state index in [1.807, 2.05) is 6.92 Å². The van der Waals surface area contributed by atoms with Gasteiger partial charge in [0.25, 0.3) is 0 Å². The summed E-state index contributed by atoms with van der Waals surface area (Å²) in [6.45, 7) is 1.94.